The zero-order chi connectivity index (χ0) is 13.7. The van der Waals surface area contributed by atoms with Crippen LogP contribution in [0, 0.1) is 11.8 Å². The van der Waals surface area contributed by atoms with E-state index in [4.69, 9.17) is 5.73 Å². The number of nitrogens with two attached hydrogens (primary N) is 1. The van der Waals surface area contributed by atoms with E-state index in [2.05, 4.69) is 21.5 Å². The summed E-state index contributed by atoms with van der Waals surface area (Å²) < 4.78 is 26.9. The van der Waals surface area contributed by atoms with Gasteiger partial charge >= 0.3 is 0 Å². The molecule has 0 aliphatic heterocycles. The Morgan fingerprint density at radius 3 is 2.84 bits per heavy atom. The van der Waals surface area contributed by atoms with Crippen molar-refractivity contribution in [3.8, 4) is 11.8 Å². The molecule has 7 heteroatoms. The molecule has 0 radical (unpaired) electrons. The number of hydrogen-bond donors (Lipinski definition) is 2. The van der Waals surface area contributed by atoms with Crippen molar-refractivity contribution in [2.45, 2.75) is 37.4 Å². The molecule has 1 saturated carbocycles. The summed E-state index contributed by atoms with van der Waals surface area (Å²) in [5.74, 6) is 5.55. The third-order valence-electron chi connectivity index (χ3n) is 3.04. The van der Waals surface area contributed by atoms with E-state index in [1.54, 1.807) is 6.20 Å². The van der Waals surface area contributed by atoms with E-state index in [0.29, 0.717) is 10.0 Å². The largest absolute Gasteiger partial charge is 0.320 e. The average Bonchev–Trinajstić information content (AvgIpc) is 2.84. The van der Waals surface area contributed by atoms with Crippen molar-refractivity contribution < 1.29 is 8.42 Å². The number of aromatic nitrogens is 1. The molecular weight excluding hydrogens is 282 g/mol. The first-order chi connectivity index (χ1) is 9.12. The van der Waals surface area contributed by atoms with Crippen molar-refractivity contribution >= 4 is 26.5 Å². The molecule has 1 aromatic rings. The number of rotatable bonds is 3. The van der Waals surface area contributed by atoms with Crippen molar-refractivity contribution in [2.24, 2.45) is 5.73 Å². The van der Waals surface area contributed by atoms with E-state index in [-0.39, 0.29) is 11.8 Å². The molecule has 0 unspecified atom stereocenters. The topological polar surface area (TPSA) is 85.1 Å². The van der Waals surface area contributed by atoms with Gasteiger partial charge in [-0.3, -0.25) is 4.72 Å². The van der Waals surface area contributed by atoms with Crippen LogP contribution in [0.4, 0.5) is 5.13 Å². The summed E-state index contributed by atoms with van der Waals surface area (Å²) >= 11 is 1.23. The molecule has 1 aliphatic rings. The van der Waals surface area contributed by atoms with Crippen LogP contribution >= 0.6 is 11.3 Å². The second-order valence-corrected chi connectivity index (χ2v) is 7.43. The number of anilines is 1. The van der Waals surface area contributed by atoms with Crippen molar-refractivity contribution in [1.29, 1.82) is 0 Å². The highest BCUT2D eigenvalue weighted by Gasteiger charge is 2.27. The number of sulfonamides is 1. The molecule has 1 fully saturated rings. The zero-order valence-corrected chi connectivity index (χ0v) is 12.2. The van der Waals surface area contributed by atoms with Gasteiger partial charge in [0.05, 0.1) is 22.9 Å². The monoisotopic (exact) mass is 299 g/mol. The molecule has 0 bridgehead atoms. The lowest BCUT2D eigenvalue weighted by molar-refractivity contribution is 0.486. The number of nitrogens with zero attached hydrogens (tertiary/aromatic N) is 1. The lowest BCUT2D eigenvalue weighted by atomic mass is 10.0. The Morgan fingerprint density at radius 1 is 1.42 bits per heavy atom. The summed E-state index contributed by atoms with van der Waals surface area (Å²) in [4.78, 5) is 4.75. The Labute approximate surface area is 117 Å². The van der Waals surface area contributed by atoms with Gasteiger partial charge in [0.2, 0.25) is 10.0 Å². The normalized spacial score (nSPS) is 16.7. The first kappa shape index (κ1) is 14.3. The Kier molecular flexibility index (Phi) is 4.80. The fourth-order valence-electron chi connectivity index (χ4n) is 2.10. The third kappa shape index (κ3) is 3.93. The lowest BCUT2D eigenvalue weighted by Crippen LogP contribution is -2.29. The van der Waals surface area contributed by atoms with Crippen LogP contribution in [0.1, 0.15) is 37.0 Å². The van der Waals surface area contributed by atoms with Gasteiger partial charge in [-0.1, -0.05) is 42.4 Å². The number of thiazole rings is 1. The van der Waals surface area contributed by atoms with E-state index in [1.807, 2.05) is 0 Å². The second kappa shape index (κ2) is 6.37. The maximum atomic E-state index is 12.2. The van der Waals surface area contributed by atoms with Crippen LogP contribution in [-0.4, -0.2) is 25.2 Å². The van der Waals surface area contributed by atoms with Crippen LogP contribution in [0.5, 0.6) is 0 Å². The van der Waals surface area contributed by atoms with Crippen LogP contribution in [0.25, 0.3) is 0 Å². The standard InChI is InChI=1S/C12H17N3O2S2/c13-8-4-5-10-9-14-12(18-10)15-19(16,17)11-6-2-1-3-7-11/h9,11H,1-3,6-8,13H2,(H,14,15). The van der Waals surface area contributed by atoms with Gasteiger partial charge in [0.15, 0.2) is 5.13 Å². The van der Waals surface area contributed by atoms with Crippen LogP contribution in [-0.2, 0) is 10.0 Å². The average molecular weight is 299 g/mol. The molecule has 1 heterocycles. The molecule has 0 amide bonds. The van der Waals surface area contributed by atoms with Crippen LogP contribution in [0.3, 0.4) is 0 Å². The number of hydrogen-bond acceptors (Lipinski definition) is 5. The van der Waals surface area contributed by atoms with Gasteiger partial charge in [-0.25, -0.2) is 13.4 Å². The van der Waals surface area contributed by atoms with Gasteiger partial charge < -0.3 is 5.73 Å². The summed E-state index contributed by atoms with van der Waals surface area (Å²) in [5.41, 5.74) is 5.28. The fourth-order valence-corrected chi connectivity index (χ4v) is 4.57. The second-order valence-electron chi connectivity index (χ2n) is 4.44. The van der Waals surface area contributed by atoms with Crippen molar-refractivity contribution in [3.63, 3.8) is 0 Å². The predicted octanol–water partition coefficient (Wildman–Crippen LogP) is 1.53. The first-order valence-electron chi connectivity index (χ1n) is 6.28. The molecule has 2 rings (SSSR count). The molecule has 19 heavy (non-hydrogen) atoms. The Balaban J connectivity index is 2.05. The minimum atomic E-state index is -3.32. The molecule has 0 aromatic carbocycles. The van der Waals surface area contributed by atoms with E-state index in [9.17, 15) is 8.42 Å². The summed E-state index contributed by atoms with van der Waals surface area (Å²) in [6, 6.07) is 0. The molecule has 0 atom stereocenters. The summed E-state index contributed by atoms with van der Waals surface area (Å²) in [6.45, 7) is 0.279. The van der Waals surface area contributed by atoms with Gasteiger partial charge in [-0.2, -0.15) is 0 Å². The van der Waals surface area contributed by atoms with Crippen LogP contribution in [0.15, 0.2) is 6.20 Å². The maximum absolute atomic E-state index is 12.2. The maximum Gasteiger partial charge on any atom is 0.237 e. The van der Waals surface area contributed by atoms with E-state index >= 15 is 0 Å². The van der Waals surface area contributed by atoms with Crippen molar-refractivity contribution in [2.75, 3.05) is 11.3 Å². The molecule has 0 spiro atoms. The highest BCUT2D eigenvalue weighted by atomic mass is 32.2. The molecule has 3 N–H and O–H groups in total. The molecular formula is C12H17N3O2S2. The highest BCUT2D eigenvalue weighted by Crippen LogP contribution is 2.26. The number of nitrogens with one attached hydrogen (secondary N) is 1. The molecule has 104 valence electrons. The van der Waals surface area contributed by atoms with Crippen LogP contribution in [0.2, 0.25) is 0 Å². The Hall–Kier alpha value is -1.10. The van der Waals surface area contributed by atoms with E-state index in [0.717, 1.165) is 32.1 Å². The zero-order valence-electron chi connectivity index (χ0n) is 10.6. The highest BCUT2D eigenvalue weighted by molar-refractivity contribution is 7.93. The molecule has 0 saturated heterocycles. The van der Waals surface area contributed by atoms with Gasteiger partial charge in [-0.05, 0) is 12.8 Å². The predicted molar refractivity (Wildman–Crippen MR) is 77.5 cm³/mol. The van der Waals surface area contributed by atoms with Gasteiger partial charge in [0, 0.05) is 0 Å². The lowest BCUT2D eigenvalue weighted by Gasteiger charge is -2.21. The van der Waals surface area contributed by atoms with Crippen molar-refractivity contribution in [1.82, 2.24) is 4.98 Å². The molecule has 1 aliphatic carbocycles. The SMILES string of the molecule is NCC#Cc1cnc(NS(=O)(=O)C2CCCCC2)s1. The summed E-state index contributed by atoms with van der Waals surface area (Å²) in [7, 11) is -3.32. The quantitative estimate of drug-likeness (QED) is 0.829. The molecule has 5 nitrogen and oxygen atoms in total. The smallest absolute Gasteiger partial charge is 0.237 e. The van der Waals surface area contributed by atoms with E-state index in [1.165, 1.54) is 11.3 Å². The van der Waals surface area contributed by atoms with E-state index < -0.39 is 10.0 Å². The van der Waals surface area contributed by atoms with Crippen molar-refractivity contribution in [3.05, 3.63) is 11.1 Å². The van der Waals surface area contributed by atoms with Gasteiger partial charge in [0.25, 0.3) is 0 Å². The molecule has 1 aromatic heterocycles. The van der Waals surface area contributed by atoms with Gasteiger partial charge in [0.1, 0.15) is 0 Å². The minimum absolute atomic E-state index is 0.279. The third-order valence-corrected chi connectivity index (χ3v) is 5.82. The Bertz CT molecular complexity index is 578. The summed E-state index contributed by atoms with van der Waals surface area (Å²) in [6.07, 6.45) is 6.13. The van der Waals surface area contributed by atoms with Gasteiger partial charge in [-0.15, -0.1) is 0 Å². The minimum Gasteiger partial charge on any atom is -0.320 e. The van der Waals surface area contributed by atoms with Crippen LogP contribution < -0.4 is 10.5 Å². The first-order valence-corrected chi connectivity index (χ1v) is 8.64. The summed E-state index contributed by atoms with van der Waals surface area (Å²) in [5, 5.41) is 0.0932. The Morgan fingerprint density at radius 2 is 2.16 bits per heavy atom. The fraction of sp³-hybridized carbons (Fsp3) is 0.583.